The molecule has 0 amide bonds. The lowest BCUT2D eigenvalue weighted by Gasteiger charge is -2.11. The number of aromatic nitrogens is 4. The van der Waals surface area contributed by atoms with Crippen molar-refractivity contribution in [3.63, 3.8) is 0 Å². The molecule has 3 N–H and O–H groups in total. The monoisotopic (exact) mass is 451 g/mol. The molecule has 5 rings (SSSR count). The van der Waals surface area contributed by atoms with Gasteiger partial charge in [0.2, 0.25) is 11.8 Å². The predicted molar refractivity (Wildman–Crippen MR) is 134 cm³/mol. The highest BCUT2D eigenvalue weighted by atomic mass is 16.5. The van der Waals surface area contributed by atoms with E-state index in [0.29, 0.717) is 36.2 Å². The van der Waals surface area contributed by atoms with Crippen LogP contribution in [0.3, 0.4) is 0 Å². The number of anilines is 1. The number of ether oxygens (including phenoxy) is 2. The van der Waals surface area contributed by atoms with Gasteiger partial charge in [0.05, 0.1) is 17.7 Å². The summed E-state index contributed by atoms with van der Waals surface area (Å²) in [6.45, 7) is 3.05. The molecule has 0 fully saturated rings. The molecule has 0 unspecified atom stereocenters. The molecular formula is C27H25N5O2. The molecule has 0 aliphatic heterocycles. The number of nitrogen functional groups attached to an aromatic ring is 1. The lowest BCUT2D eigenvalue weighted by molar-refractivity contribution is 0.287. The van der Waals surface area contributed by atoms with Crippen LogP contribution in [-0.4, -0.2) is 26.5 Å². The molecule has 170 valence electrons. The number of rotatable bonds is 8. The van der Waals surface area contributed by atoms with Gasteiger partial charge in [-0.2, -0.15) is 4.98 Å². The Labute approximate surface area is 197 Å². The number of benzene rings is 2. The summed E-state index contributed by atoms with van der Waals surface area (Å²) in [5, 5.41) is 0.839. The Balaban J connectivity index is 1.40. The first-order valence-corrected chi connectivity index (χ1v) is 11.2. The van der Waals surface area contributed by atoms with Gasteiger partial charge in [-0.3, -0.25) is 0 Å². The third-order valence-corrected chi connectivity index (χ3v) is 5.44. The lowest BCUT2D eigenvalue weighted by Crippen LogP contribution is -2.01. The topological polar surface area (TPSA) is 98.9 Å². The van der Waals surface area contributed by atoms with Gasteiger partial charge in [-0.25, -0.2) is 9.97 Å². The fourth-order valence-corrected chi connectivity index (χ4v) is 3.78. The van der Waals surface area contributed by atoms with Crippen LogP contribution in [0.2, 0.25) is 0 Å². The molecule has 2 aromatic carbocycles. The number of nitrogens with one attached hydrogen (secondary N) is 1. The van der Waals surface area contributed by atoms with Crippen molar-refractivity contribution in [2.24, 2.45) is 0 Å². The van der Waals surface area contributed by atoms with Crippen LogP contribution in [0.4, 0.5) is 5.95 Å². The lowest BCUT2D eigenvalue weighted by atomic mass is 10.0. The molecule has 0 saturated heterocycles. The minimum absolute atomic E-state index is 0.217. The summed E-state index contributed by atoms with van der Waals surface area (Å²) in [7, 11) is 0. The molecular weight excluding hydrogens is 426 g/mol. The highest BCUT2D eigenvalue weighted by Crippen LogP contribution is 2.36. The first-order chi connectivity index (χ1) is 16.7. The largest absolute Gasteiger partial charge is 0.493 e. The normalized spacial score (nSPS) is 11.0. The van der Waals surface area contributed by atoms with Crippen molar-refractivity contribution in [3.8, 4) is 34.0 Å². The Kier molecular flexibility index (Phi) is 6.07. The van der Waals surface area contributed by atoms with Crippen molar-refractivity contribution in [2.75, 3.05) is 12.3 Å². The van der Waals surface area contributed by atoms with Gasteiger partial charge in [-0.05, 0) is 29.2 Å². The van der Waals surface area contributed by atoms with E-state index in [9.17, 15) is 0 Å². The zero-order valence-corrected chi connectivity index (χ0v) is 18.9. The third-order valence-electron chi connectivity index (χ3n) is 5.44. The molecule has 5 aromatic rings. The highest BCUT2D eigenvalue weighted by Gasteiger charge is 2.17. The molecule has 7 nitrogen and oxygen atoms in total. The predicted octanol–water partition coefficient (Wildman–Crippen LogP) is 5.64. The minimum Gasteiger partial charge on any atom is -0.493 e. The first kappa shape index (κ1) is 21.5. The SMILES string of the molecule is CCCOc1cc(OCc2ccc(-c3ccccc3)cc2)nc2[nH]cc(-c3ccnc(N)n3)c12. The number of nitrogens with zero attached hydrogens (tertiary/aromatic N) is 3. The standard InChI is InChI=1S/C27H25N5O2/c1-2-14-33-23-15-24(32-26-25(23)21(16-30-26)22-12-13-29-27(28)31-22)34-17-18-8-10-20(11-9-18)19-6-4-3-5-7-19/h3-13,15-16H,2,14,17H2,1H3,(H,30,32)(H2,28,29,31). The van der Waals surface area contributed by atoms with Crippen molar-refractivity contribution in [1.82, 2.24) is 19.9 Å². The van der Waals surface area contributed by atoms with Crippen LogP contribution in [0.15, 0.2) is 79.1 Å². The molecule has 0 aliphatic rings. The van der Waals surface area contributed by atoms with Crippen LogP contribution in [-0.2, 0) is 6.61 Å². The Hall–Kier alpha value is -4.39. The highest BCUT2D eigenvalue weighted by molar-refractivity contribution is 5.97. The van der Waals surface area contributed by atoms with Gasteiger partial charge in [0.15, 0.2) is 0 Å². The number of hydrogen-bond acceptors (Lipinski definition) is 6. The molecule has 0 aliphatic carbocycles. The smallest absolute Gasteiger partial charge is 0.220 e. The maximum absolute atomic E-state index is 6.06. The van der Waals surface area contributed by atoms with Gasteiger partial charge < -0.3 is 20.2 Å². The van der Waals surface area contributed by atoms with Crippen molar-refractivity contribution >= 4 is 17.0 Å². The minimum atomic E-state index is 0.217. The van der Waals surface area contributed by atoms with Crippen LogP contribution in [0.5, 0.6) is 11.6 Å². The van der Waals surface area contributed by atoms with Gasteiger partial charge in [0, 0.05) is 24.0 Å². The molecule has 0 radical (unpaired) electrons. The van der Waals surface area contributed by atoms with Gasteiger partial charge >= 0.3 is 0 Å². The summed E-state index contributed by atoms with van der Waals surface area (Å²) in [6, 6.07) is 22.3. The van der Waals surface area contributed by atoms with E-state index in [2.05, 4.69) is 63.3 Å². The molecule has 0 bridgehead atoms. The molecule has 0 spiro atoms. The molecule has 3 aromatic heterocycles. The van der Waals surface area contributed by atoms with Crippen LogP contribution in [0.1, 0.15) is 18.9 Å². The fourth-order valence-electron chi connectivity index (χ4n) is 3.78. The van der Waals surface area contributed by atoms with E-state index in [1.807, 2.05) is 36.5 Å². The molecule has 0 atom stereocenters. The van der Waals surface area contributed by atoms with Crippen molar-refractivity contribution < 1.29 is 9.47 Å². The number of aromatic amines is 1. The Morgan fingerprint density at radius 3 is 2.47 bits per heavy atom. The van der Waals surface area contributed by atoms with Crippen LogP contribution in [0.25, 0.3) is 33.4 Å². The van der Waals surface area contributed by atoms with E-state index in [1.54, 1.807) is 6.20 Å². The number of pyridine rings is 1. The van der Waals surface area contributed by atoms with E-state index in [-0.39, 0.29) is 5.95 Å². The first-order valence-electron chi connectivity index (χ1n) is 11.2. The molecule has 7 heteroatoms. The number of fused-ring (bicyclic) bond motifs is 1. The molecule has 34 heavy (non-hydrogen) atoms. The van der Waals surface area contributed by atoms with Crippen molar-refractivity contribution in [2.45, 2.75) is 20.0 Å². The summed E-state index contributed by atoms with van der Waals surface area (Å²) in [5.74, 6) is 1.39. The van der Waals surface area contributed by atoms with Gasteiger partial charge in [-0.1, -0.05) is 61.5 Å². The Morgan fingerprint density at radius 2 is 1.71 bits per heavy atom. The average Bonchev–Trinajstić information content (AvgIpc) is 3.31. The van der Waals surface area contributed by atoms with Crippen LogP contribution < -0.4 is 15.2 Å². The number of H-pyrrole nitrogens is 1. The summed E-state index contributed by atoms with van der Waals surface area (Å²) in [5.41, 5.74) is 11.4. The maximum Gasteiger partial charge on any atom is 0.220 e. The van der Waals surface area contributed by atoms with Crippen LogP contribution in [0, 0.1) is 0 Å². The Morgan fingerprint density at radius 1 is 0.912 bits per heavy atom. The second kappa shape index (κ2) is 9.62. The van der Waals surface area contributed by atoms with E-state index < -0.39 is 0 Å². The summed E-state index contributed by atoms with van der Waals surface area (Å²) >= 11 is 0. The van der Waals surface area contributed by atoms with Crippen molar-refractivity contribution in [3.05, 3.63) is 84.7 Å². The van der Waals surface area contributed by atoms with E-state index in [1.165, 1.54) is 11.1 Å². The van der Waals surface area contributed by atoms with Gasteiger partial charge in [0.25, 0.3) is 0 Å². The molecule has 0 saturated carbocycles. The van der Waals surface area contributed by atoms with Crippen LogP contribution >= 0.6 is 0 Å². The zero-order chi connectivity index (χ0) is 23.3. The van der Waals surface area contributed by atoms with E-state index in [0.717, 1.165) is 22.9 Å². The number of nitrogens with two attached hydrogens (primary N) is 1. The summed E-state index contributed by atoms with van der Waals surface area (Å²) in [6.07, 6.45) is 4.37. The maximum atomic E-state index is 6.06. The summed E-state index contributed by atoms with van der Waals surface area (Å²) in [4.78, 5) is 16.2. The third kappa shape index (κ3) is 4.54. The van der Waals surface area contributed by atoms with E-state index in [4.69, 9.17) is 15.2 Å². The van der Waals surface area contributed by atoms with Crippen molar-refractivity contribution in [1.29, 1.82) is 0 Å². The van der Waals surface area contributed by atoms with Gasteiger partial charge in [0.1, 0.15) is 18.0 Å². The average molecular weight is 452 g/mol. The second-order valence-corrected chi connectivity index (χ2v) is 7.88. The zero-order valence-electron chi connectivity index (χ0n) is 18.9. The second-order valence-electron chi connectivity index (χ2n) is 7.88. The number of hydrogen-bond donors (Lipinski definition) is 2. The Bertz CT molecular complexity index is 1400. The van der Waals surface area contributed by atoms with E-state index >= 15 is 0 Å². The summed E-state index contributed by atoms with van der Waals surface area (Å²) < 4.78 is 12.1. The fraction of sp³-hybridized carbons (Fsp3) is 0.148. The molecule has 3 heterocycles. The quantitative estimate of drug-likeness (QED) is 0.317. The van der Waals surface area contributed by atoms with Gasteiger partial charge in [-0.15, -0.1) is 0 Å².